The van der Waals surface area contributed by atoms with Crippen molar-refractivity contribution in [3.8, 4) is 0 Å². The number of thiocarbonyl (C=S) groups is 1. The van der Waals surface area contributed by atoms with Gasteiger partial charge in [0.1, 0.15) is 0 Å². The third-order valence-corrected chi connectivity index (χ3v) is 3.34. The number of nitrogen functional groups attached to an aromatic ring is 1. The summed E-state index contributed by atoms with van der Waals surface area (Å²) in [5.74, 6) is -0.408. The molecular formula is C14H18N6OS. The molecule has 7 nitrogen and oxygen atoms in total. The molecule has 0 saturated heterocycles. The van der Waals surface area contributed by atoms with Crippen molar-refractivity contribution in [3.63, 3.8) is 0 Å². The first-order chi connectivity index (χ1) is 10.5. The van der Waals surface area contributed by atoms with Gasteiger partial charge in [-0.25, -0.2) is 0 Å². The van der Waals surface area contributed by atoms with Crippen molar-refractivity contribution in [2.75, 3.05) is 5.73 Å². The molecule has 0 aliphatic rings. The average molecular weight is 318 g/mol. The summed E-state index contributed by atoms with van der Waals surface area (Å²) in [6.45, 7) is 1.98. The van der Waals surface area contributed by atoms with Crippen LogP contribution >= 0.6 is 12.2 Å². The van der Waals surface area contributed by atoms with Crippen molar-refractivity contribution in [1.29, 1.82) is 0 Å². The van der Waals surface area contributed by atoms with E-state index in [4.69, 9.17) is 18.0 Å². The molecule has 0 unspecified atom stereocenters. The molecule has 1 amide bonds. The number of hydrogen-bond acceptors (Lipinski definition) is 4. The molecule has 116 valence electrons. The molecule has 1 aromatic carbocycles. The Morgan fingerprint density at radius 1 is 1.32 bits per heavy atom. The Morgan fingerprint density at radius 2 is 2.00 bits per heavy atom. The lowest BCUT2D eigenvalue weighted by Gasteiger charge is -2.17. The maximum atomic E-state index is 12.0. The zero-order valence-corrected chi connectivity index (χ0v) is 13.1. The molecule has 2 rings (SSSR count). The summed E-state index contributed by atoms with van der Waals surface area (Å²) < 4.78 is 1.40. The Bertz CT molecular complexity index is 650. The number of nitrogens with zero attached hydrogens (tertiary/aromatic N) is 2. The number of carbonyl (C=O) groups is 1. The van der Waals surface area contributed by atoms with E-state index in [1.807, 2.05) is 37.3 Å². The highest BCUT2D eigenvalue weighted by atomic mass is 32.1. The fourth-order valence-electron chi connectivity index (χ4n) is 1.96. The van der Waals surface area contributed by atoms with E-state index in [0.717, 1.165) is 5.56 Å². The Hall–Kier alpha value is -2.61. The third kappa shape index (κ3) is 3.73. The highest BCUT2D eigenvalue weighted by Crippen LogP contribution is 2.10. The smallest absolute Gasteiger partial charge is 0.290 e. The van der Waals surface area contributed by atoms with Crippen LogP contribution in [0.4, 0.5) is 5.69 Å². The molecule has 0 aliphatic carbocycles. The third-order valence-electron chi connectivity index (χ3n) is 3.12. The number of aromatic nitrogens is 2. The summed E-state index contributed by atoms with van der Waals surface area (Å²) >= 11 is 5.15. The van der Waals surface area contributed by atoms with E-state index in [1.54, 1.807) is 7.05 Å². The van der Waals surface area contributed by atoms with Crippen molar-refractivity contribution >= 4 is 28.9 Å². The van der Waals surface area contributed by atoms with Crippen molar-refractivity contribution in [3.05, 3.63) is 47.8 Å². The molecule has 22 heavy (non-hydrogen) atoms. The first-order valence-corrected chi connectivity index (χ1v) is 7.09. The van der Waals surface area contributed by atoms with Gasteiger partial charge in [0, 0.05) is 7.05 Å². The van der Waals surface area contributed by atoms with Crippen LogP contribution in [-0.2, 0) is 7.05 Å². The summed E-state index contributed by atoms with van der Waals surface area (Å²) in [6.07, 6.45) is 1.42. The van der Waals surface area contributed by atoms with Crippen LogP contribution in [0.1, 0.15) is 29.0 Å². The topological polar surface area (TPSA) is 97.0 Å². The SMILES string of the molecule is C[C@H](NC(=S)NNC(=O)c1c(N)cnn1C)c1ccccc1. The Labute approximate surface area is 133 Å². The van der Waals surface area contributed by atoms with Crippen molar-refractivity contribution in [2.24, 2.45) is 7.05 Å². The second-order valence-corrected chi connectivity index (χ2v) is 5.17. The Morgan fingerprint density at radius 3 is 2.59 bits per heavy atom. The summed E-state index contributed by atoms with van der Waals surface area (Å²) in [7, 11) is 1.64. The van der Waals surface area contributed by atoms with Crippen molar-refractivity contribution in [2.45, 2.75) is 13.0 Å². The molecular weight excluding hydrogens is 300 g/mol. The van der Waals surface area contributed by atoms with Crippen LogP contribution in [0.3, 0.4) is 0 Å². The van der Waals surface area contributed by atoms with Crippen LogP contribution in [0, 0.1) is 0 Å². The van der Waals surface area contributed by atoms with Gasteiger partial charge < -0.3 is 11.1 Å². The molecule has 2 aromatic rings. The number of nitrogens with two attached hydrogens (primary N) is 1. The normalized spacial score (nSPS) is 11.5. The standard InChI is InChI=1S/C14H18N6OS/c1-9(10-6-4-3-5-7-10)17-14(22)19-18-13(21)12-11(15)8-16-20(12)2/h3-9H,15H2,1-2H3,(H,18,21)(H2,17,19,22)/t9-/m0/s1. The van der Waals surface area contributed by atoms with E-state index in [0.29, 0.717) is 10.8 Å². The molecule has 0 spiro atoms. The molecule has 1 heterocycles. The predicted molar refractivity (Wildman–Crippen MR) is 88.8 cm³/mol. The lowest BCUT2D eigenvalue weighted by molar-refractivity contribution is 0.0935. The zero-order valence-electron chi connectivity index (χ0n) is 12.3. The quantitative estimate of drug-likeness (QED) is 0.495. The van der Waals surface area contributed by atoms with E-state index < -0.39 is 5.91 Å². The van der Waals surface area contributed by atoms with E-state index in [9.17, 15) is 4.79 Å². The maximum absolute atomic E-state index is 12.0. The predicted octanol–water partition coefficient (Wildman–Crippen LogP) is 0.872. The Kier molecular flexibility index (Phi) is 4.95. The van der Waals surface area contributed by atoms with E-state index in [-0.39, 0.29) is 11.7 Å². The number of amides is 1. The fourth-order valence-corrected chi connectivity index (χ4v) is 2.19. The van der Waals surface area contributed by atoms with Crippen LogP contribution in [0.5, 0.6) is 0 Å². The molecule has 0 aliphatic heterocycles. The average Bonchev–Trinajstić information content (AvgIpc) is 2.85. The van der Waals surface area contributed by atoms with Gasteiger partial charge in [-0.15, -0.1) is 0 Å². The van der Waals surface area contributed by atoms with Gasteiger partial charge in [-0.3, -0.25) is 20.3 Å². The largest absolute Gasteiger partial charge is 0.396 e. The number of aryl methyl sites for hydroxylation is 1. The summed E-state index contributed by atoms with van der Waals surface area (Å²) in [5, 5.41) is 7.30. The lowest BCUT2D eigenvalue weighted by Crippen LogP contribution is -2.47. The van der Waals surface area contributed by atoms with Gasteiger partial charge in [-0.05, 0) is 24.7 Å². The van der Waals surface area contributed by atoms with Gasteiger partial charge in [0.15, 0.2) is 10.8 Å². The van der Waals surface area contributed by atoms with Crippen LogP contribution in [0.25, 0.3) is 0 Å². The molecule has 1 atom stereocenters. The van der Waals surface area contributed by atoms with Gasteiger partial charge in [-0.2, -0.15) is 5.10 Å². The highest BCUT2D eigenvalue weighted by Gasteiger charge is 2.15. The molecule has 1 aromatic heterocycles. The lowest BCUT2D eigenvalue weighted by atomic mass is 10.1. The van der Waals surface area contributed by atoms with Gasteiger partial charge in [0.2, 0.25) is 0 Å². The maximum Gasteiger partial charge on any atom is 0.290 e. The van der Waals surface area contributed by atoms with Gasteiger partial charge >= 0.3 is 0 Å². The number of rotatable bonds is 3. The molecule has 0 radical (unpaired) electrons. The van der Waals surface area contributed by atoms with Gasteiger partial charge in [0.05, 0.1) is 17.9 Å². The monoisotopic (exact) mass is 318 g/mol. The van der Waals surface area contributed by atoms with Crippen LogP contribution in [0.15, 0.2) is 36.5 Å². The van der Waals surface area contributed by atoms with Crippen molar-refractivity contribution < 1.29 is 4.79 Å². The summed E-state index contributed by atoms with van der Waals surface area (Å²) in [5.41, 5.74) is 12.5. The molecule has 5 N–H and O–H groups in total. The number of anilines is 1. The Balaban J connectivity index is 1.87. The van der Waals surface area contributed by atoms with E-state index >= 15 is 0 Å². The van der Waals surface area contributed by atoms with Crippen molar-refractivity contribution in [1.82, 2.24) is 25.9 Å². The minimum absolute atomic E-state index is 0.0138. The number of benzene rings is 1. The van der Waals surface area contributed by atoms with Crippen LogP contribution < -0.4 is 21.9 Å². The fraction of sp³-hybridized carbons (Fsp3) is 0.214. The van der Waals surface area contributed by atoms with Gasteiger partial charge in [-0.1, -0.05) is 30.3 Å². The highest BCUT2D eigenvalue weighted by molar-refractivity contribution is 7.80. The zero-order chi connectivity index (χ0) is 16.1. The second-order valence-electron chi connectivity index (χ2n) is 4.76. The van der Waals surface area contributed by atoms with Gasteiger partial charge in [0.25, 0.3) is 5.91 Å². The molecule has 0 bridgehead atoms. The molecule has 0 saturated carbocycles. The number of carbonyl (C=O) groups excluding carboxylic acids is 1. The molecule has 0 fully saturated rings. The van der Waals surface area contributed by atoms with Crippen LogP contribution in [-0.4, -0.2) is 20.8 Å². The first kappa shape index (κ1) is 15.8. The van der Waals surface area contributed by atoms with Crippen LogP contribution in [0.2, 0.25) is 0 Å². The van der Waals surface area contributed by atoms with E-state index in [2.05, 4.69) is 21.3 Å². The van der Waals surface area contributed by atoms with E-state index in [1.165, 1.54) is 10.9 Å². The number of hydrogen-bond donors (Lipinski definition) is 4. The number of hydrazine groups is 1. The first-order valence-electron chi connectivity index (χ1n) is 6.68. The summed E-state index contributed by atoms with van der Waals surface area (Å²) in [6, 6.07) is 9.86. The minimum Gasteiger partial charge on any atom is -0.396 e. The second kappa shape index (κ2) is 6.90. The minimum atomic E-state index is -0.408. The molecule has 8 heteroatoms. The number of nitrogens with one attached hydrogen (secondary N) is 3. The summed E-state index contributed by atoms with van der Waals surface area (Å²) in [4.78, 5) is 12.0.